The first-order valence-corrected chi connectivity index (χ1v) is 9.56. The molecule has 2 N–H and O–H groups in total. The van der Waals surface area contributed by atoms with Crippen molar-refractivity contribution in [3.8, 4) is 0 Å². The first-order chi connectivity index (χ1) is 13.5. The second-order valence-electron chi connectivity index (χ2n) is 6.92. The van der Waals surface area contributed by atoms with Gasteiger partial charge in [0.15, 0.2) is 0 Å². The molecule has 1 heterocycles. The van der Waals surface area contributed by atoms with Gasteiger partial charge in [0.05, 0.1) is 11.7 Å². The molecule has 1 unspecified atom stereocenters. The number of anilines is 2. The molecule has 2 aromatic carbocycles. The van der Waals surface area contributed by atoms with E-state index in [2.05, 4.69) is 27.4 Å². The lowest BCUT2D eigenvalue weighted by atomic mass is 10.0. The van der Waals surface area contributed by atoms with E-state index in [4.69, 9.17) is 0 Å². The monoisotopic (exact) mass is 388 g/mol. The molecule has 2 aromatic rings. The Bertz CT molecular complexity index is 822. The number of nitrogens with zero attached hydrogens (tertiary/aromatic N) is 2. The summed E-state index contributed by atoms with van der Waals surface area (Å²) in [7, 11) is 0. The van der Waals surface area contributed by atoms with E-state index in [0.717, 1.165) is 38.4 Å². The number of rotatable bonds is 5. The van der Waals surface area contributed by atoms with Crippen LogP contribution in [-0.2, 0) is 0 Å². The average Bonchev–Trinajstić information content (AvgIpc) is 2.69. The number of hydrogen-bond acceptors (Lipinski definition) is 3. The van der Waals surface area contributed by atoms with Gasteiger partial charge < -0.3 is 20.4 Å². The summed E-state index contributed by atoms with van der Waals surface area (Å²) in [4.78, 5) is 16.9. The van der Waals surface area contributed by atoms with Gasteiger partial charge in [-0.1, -0.05) is 19.1 Å². The Morgan fingerprint density at radius 3 is 2.50 bits per heavy atom. The number of para-hydroxylation sites is 1. The maximum atomic E-state index is 13.9. The van der Waals surface area contributed by atoms with E-state index in [-0.39, 0.29) is 11.5 Å². The summed E-state index contributed by atoms with van der Waals surface area (Å²) in [6.45, 7) is 8.53. The zero-order valence-corrected chi connectivity index (χ0v) is 16.2. The van der Waals surface area contributed by atoms with E-state index in [1.54, 1.807) is 25.1 Å². The molecule has 0 radical (unpaired) electrons. The van der Waals surface area contributed by atoms with Crippen LogP contribution in [0.3, 0.4) is 0 Å². The van der Waals surface area contributed by atoms with E-state index in [1.165, 1.54) is 24.3 Å². The van der Waals surface area contributed by atoms with E-state index in [9.17, 15) is 13.6 Å². The lowest BCUT2D eigenvalue weighted by Crippen LogP contribution is -2.46. The van der Waals surface area contributed by atoms with E-state index in [0.29, 0.717) is 5.56 Å². The van der Waals surface area contributed by atoms with Gasteiger partial charge in [-0.2, -0.15) is 0 Å². The third-order valence-electron chi connectivity index (χ3n) is 5.09. The third-order valence-corrected chi connectivity index (χ3v) is 5.09. The molecule has 1 fully saturated rings. The van der Waals surface area contributed by atoms with Crippen molar-refractivity contribution in [2.75, 3.05) is 42.9 Å². The lowest BCUT2D eigenvalue weighted by molar-refractivity contribution is 0.249. The van der Waals surface area contributed by atoms with Crippen molar-refractivity contribution in [2.45, 2.75) is 19.9 Å². The molecule has 1 atom stereocenters. The highest BCUT2D eigenvalue weighted by atomic mass is 19.1. The minimum Gasteiger partial charge on any atom is -0.369 e. The minimum absolute atomic E-state index is 0.0994. The van der Waals surface area contributed by atoms with Crippen LogP contribution < -0.4 is 15.5 Å². The quantitative estimate of drug-likeness (QED) is 0.814. The molecule has 2 amide bonds. The van der Waals surface area contributed by atoms with Gasteiger partial charge in [-0.3, -0.25) is 0 Å². The molecule has 0 bridgehead atoms. The highest BCUT2D eigenvalue weighted by Crippen LogP contribution is 2.28. The number of likely N-dealkylation sites (N-methyl/N-ethyl adjacent to an activating group) is 1. The van der Waals surface area contributed by atoms with E-state index in [1.807, 2.05) is 0 Å². The summed E-state index contributed by atoms with van der Waals surface area (Å²) < 4.78 is 27.7. The zero-order chi connectivity index (χ0) is 20.1. The molecular weight excluding hydrogens is 362 g/mol. The lowest BCUT2D eigenvalue weighted by Gasteiger charge is -2.37. The fourth-order valence-electron chi connectivity index (χ4n) is 3.46. The average molecular weight is 388 g/mol. The van der Waals surface area contributed by atoms with Crippen molar-refractivity contribution in [3.05, 3.63) is 59.7 Å². The first-order valence-electron chi connectivity index (χ1n) is 9.56. The van der Waals surface area contributed by atoms with Gasteiger partial charge in [-0.25, -0.2) is 13.6 Å². The molecule has 0 spiro atoms. The van der Waals surface area contributed by atoms with Gasteiger partial charge in [-0.05, 0) is 43.8 Å². The van der Waals surface area contributed by atoms with Crippen LogP contribution in [0.1, 0.15) is 25.5 Å². The minimum atomic E-state index is -0.538. The van der Waals surface area contributed by atoms with Gasteiger partial charge in [0, 0.05) is 37.4 Å². The molecule has 28 heavy (non-hydrogen) atoms. The zero-order valence-electron chi connectivity index (χ0n) is 16.2. The van der Waals surface area contributed by atoms with Crippen LogP contribution in [0.4, 0.5) is 25.0 Å². The standard InChI is InChI=1S/C21H26F2N4O/c1-3-26-10-12-27(13-11-26)20-9-8-16(22)14-17(20)15(2)24-21(28)25-19-7-5-4-6-18(19)23/h4-9,14-15H,3,10-13H2,1-2H3,(H2,24,25,28). The number of halogens is 2. The van der Waals surface area contributed by atoms with Crippen LogP contribution in [0.15, 0.2) is 42.5 Å². The highest BCUT2D eigenvalue weighted by molar-refractivity contribution is 5.89. The molecular formula is C21H26F2N4O. The Labute approximate surface area is 164 Å². The van der Waals surface area contributed by atoms with Gasteiger partial charge >= 0.3 is 6.03 Å². The maximum Gasteiger partial charge on any atom is 0.319 e. The largest absolute Gasteiger partial charge is 0.369 e. The van der Waals surface area contributed by atoms with Gasteiger partial charge in [0.25, 0.3) is 0 Å². The molecule has 3 rings (SSSR count). The number of nitrogens with one attached hydrogen (secondary N) is 2. The summed E-state index contributed by atoms with van der Waals surface area (Å²) >= 11 is 0. The van der Waals surface area contributed by atoms with Gasteiger partial charge in [0.1, 0.15) is 11.6 Å². The number of benzene rings is 2. The van der Waals surface area contributed by atoms with Crippen LogP contribution in [0.2, 0.25) is 0 Å². The summed E-state index contributed by atoms with van der Waals surface area (Å²) in [5.74, 6) is -0.861. The van der Waals surface area contributed by atoms with Crippen LogP contribution in [-0.4, -0.2) is 43.7 Å². The summed E-state index contributed by atoms with van der Waals surface area (Å²) in [5, 5.41) is 5.28. The van der Waals surface area contributed by atoms with Crippen molar-refractivity contribution in [2.24, 2.45) is 0 Å². The predicted octanol–water partition coefficient (Wildman–Crippen LogP) is 3.99. The third kappa shape index (κ3) is 4.78. The second kappa shape index (κ2) is 9.01. The fourth-order valence-corrected chi connectivity index (χ4v) is 3.46. The second-order valence-corrected chi connectivity index (χ2v) is 6.92. The van der Waals surface area contributed by atoms with Crippen molar-refractivity contribution in [1.29, 1.82) is 0 Å². The molecule has 0 aliphatic carbocycles. The number of carbonyl (C=O) groups excluding carboxylic acids is 1. The first kappa shape index (κ1) is 20.1. The number of carbonyl (C=O) groups is 1. The number of amides is 2. The van der Waals surface area contributed by atoms with Crippen LogP contribution >= 0.6 is 0 Å². The maximum absolute atomic E-state index is 13.9. The molecule has 5 nitrogen and oxygen atoms in total. The van der Waals surface area contributed by atoms with Crippen molar-refractivity contribution in [1.82, 2.24) is 10.2 Å². The molecule has 0 aromatic heterocycles. The Morgan fingerprint density at radius 1 is 1.11 bits per heavy atom. The Morgan fingerprint density at radius 2 is 1.82 bits per heavy atom. The van der Waals surface area contributed by atoms with E-state index >= 15 is 0 Å². The summed E-state index contributed by atoms with van der Waals surface area (Å²) in [5.41, 5.74) is 1.71. The number of urea groups is 1. The number of piperazine rings is 1. The van der Waals surface area contributed by atoms with Crippen molar-refractivity contribution in [3.63, 3.8) is 0 Å². The molecule has 7 heteroatoms. The topological polar surface area (TPSA) is 47.6 Å². The van der Waals surface area contributed by atoms with Crippen LogP contribution in [0.25, 0.3) is 0 Å². The van der Waals surface area contributed by atoms with Gasteiger partial charge in [-0.15, -0.1) is 0 Å². The Hall–Kier alpha value is -2.67. The molecule has 1 aliphatic heterocycles. The van der Waals surface area contributed by atoms with E-state index < -0.39 is 17.9 Å². The fraction of sp³-hybridized carbons (Fsp3) is 0.381. The Kier molecular flexibility index (Phi) is 6.46. The SMILES string of the molecule is CCN1CCN(c2ccc(F)cc2C(C)NC(=O)Nc2ccccc2F)CC1. The highest BCUT2D eigenvalue weighted by Gasteiger charge is 2.22. The summed E-state index contributed by atoms with van der Waals surface area (Å²) in [6, 6.07) is 9.64. The van der Waals surface area contributed by atoms with Crippen molar-refractivity contribution >= 4 is 17.4 Å². The van der Waals surface area contributed by atoms with Crippen molar-refractivity contribution < 1.29 is 13.6 Å². The molecule has 1 aliphatic rings. The molecule has 150 valence electrons. The number of hydrogen-bond donors (Lipinski definition) is 2. The molecule has 1 saturated heterocycles. The van der Waals surface area contributed by atoms with Crippen LogP contribution in [0.5, 0.6) is 0 Å². The normalized spacial score (nSPS) is 15.9. The summed E-state index contributed by atoms with van der Waals surface area (Å²) in [6.07, 6.45) is 0. The van der Waals surface area contributed by atoms with Crippen LogP contribution in [0, 0.1) is 11.6 Å². The molecule has 0 saturated carbocycles. The van der Waals surface area contributed by atoms with Gasteiger partial charge in [0.2, 0.25) is 0 Å². The smallest absolute Gasteiger partial charge is 0.319 e. The Balaban J connectivity index is 1.72. The predicted molar refractivity (Wildman–Crippen MR) is 108 cm³/mol.